The molecule has 3 aliphatic heterocycles. The quantitative estimate of drug-likeness (QED) is 0.298. The highest BCUT2D eigenvalue weighted by molar-refractivity contribution is 5.66. The highest BCUT2D eigenvalue weighted by Crippen LogP contribution is 2.37. The fourth-order valence-corrected chi connectivity index (χ4v) is 8.61. The van der Waals surface area contributed by atoms with Gasteiger partial charge in [-0.05, 0) is 83.1 Å². The Hall–Kier alpha value is -0.810. The van der Waals surface area contributed by atoms with Gasteiger partial charge < -0.3 is 14.7 Å². The maximum Gasteiger partial charge on any atom is 0.303 e. The molecule has 6 fully saturated rings. The van der Waals surface area contributed by atoms with Gasteiger partial charge in [0.15, 0.2) is 0 Å². The van der Waals surface area contributed by atoms with E-state index >= 15 is 0 Å². The number of carboxylic acids is 1. The number of carboxylic acid groups (broad SMARTS) is 1. The van der Waals surface area contributed by atoms with Gasteiger partial charge in [0.1, 0.15) is 0 Å². The molecule has 9 nitrogen and oxygen atoms in total. The van der Waals surface area contributed by atoms with Crippen LogP contribution in [0.1, 0.15) is 77.0 Å². The van der Waals surface area contributed by atoms with Gasteiger partial charge in [-0.15, -0.1) is 0 Å². The molecule has 3 aliphatic carbocycles. The molecule has 0 amide bonds. The standard InChI is InChI=1S/C29H52N6O3/c1-34-11-13-35(14-12-34)21-8-10-24-26(18-21)33-29(31-24)20-7-9-23-25(17-20)32-28(30-23)19-4-2-5-22(16-19)38-15-3-6-27(36)37/h19-26,28-33H,2-18H2,1H3,(H,36,37). The van der Waals surface area contributed by atoms with Crippen LogP contribution >= 0.6 is 0 Å². The number of hydrogen-bond acceptors (Lipinski definition) is 8. The molecule has 6 aliphatic rings. The van der Waals surface area contributed by atoms with Gasteiger partial charge in [0.2, 0.25) is 0 Å². The average molecular weight is 533 g/mol. The van der Waals surface area contributed by atoms with Gasteiger partial charge in [-0.25, -0.2) is 0 Å². The van der Waals surface area contributed by atoms with Gasteiger partial charge in [-0.1, -0.05) is 6.42 Å². The molecule has 216 valence electrons. The van der Waals surface area contributed by atoms with Crippen LogP contribution in [0.15, 0.2) is 0 Å². The van der Waals surface area contributed by atoms with E-state index in [-0.39, 0.29) is 12.5 Å². The lowest BCUT2D eigenvalue weighted by molar-refractivity contribution is -0.137. The second-order valence-electron chi connectivity index (χ2n) is 13.3. The normalized spacial score (nSPS) is 44.6. The first kappa shape index (κ1) is 27.4. The summed E-state index contributed by atoms with van der Waals surface area (Å²) in [6.07, 6.45) is 14.4. The molecule has 0 aromatic carbocycles. The zero-order chi connectivity index (χ0) is 26.1. The predicted octanol–water partition coefficient (Wildman–Crippen LogP) is 1.54. The summed E-state index contributed by atoms with van der Waals surface area (Å²) in [5.74, 6) is 0.579. The van der Waals surface area contributed by atoms with Gasteiger partial charge >= 0.3 is 5.97 Å². The van der Waals surface area contributed by atoms with Crippen LogP contribution in [-0.2, 0) is 9.53 Å². The summed E-state index contributed by atoms with van der Waals surface area (Å²) >= 11 is 0. The predicted molar refractivity (Wildman–Crippen MR) is 148 cm³/mol. The van der Waals surface area contributed by atoms with E-state index in [0.717, 1.165) is 18.9 Å². The van der Waals surface area contributed by atoms with Crippen LogP contribution in [0.5, 0.6) is 0 Å². The molecule has 0 bridgehead atoms. The van der Waals surface area contributed by atoms with Gasteiger partial charge in [0, 0.05) is 69.4 Å². The van der Waals surface area contributed by atoms with Crippen molar-refractivity contribution in [2.24, 2.45) is 11.8 Å². The molecule has 3 heterocycles. The zero-order valence-electron chi connectivity index (χ0n) is 23.5. The van der Waals surface area contributed by atoms with Crippen molar-refractivity contribution in [3.63, 3.8) is 0 Å². The number of rotatable bonds is 8. The number of fused-ring (bicyclic) bond motifs is 2. The Balaban J connectivity index is 0.956. The van der Waals surface area contributed by atoms with E-state index < -0.39 is 5.97 Å². The Bertz CT molecular complexity index is 794. The van der Waals surface area contributed by atoms with Gasteiger partial charge in [0.05, 0.1) is 18.4 Å². The Labute approximate surface area is 229 Å². The second kappa shape index (κ2) is 12.4. The Kier molecular flexibility index (Phi) is 8.91. The average Bonchev–Trinajstić information content (AvgIpc) is 3.55. The summed E-state index contributed by atoms with van der Waals surface area (Å²) in [7, 11) is 2.25. The molecule has 5 N–H and O–H groups in total. The van der Waals surface area contributed by atoms with Crippen molar-refractivity contribution in [3.8, 4) is 0 Å². The molecule has 10 atom stereocenters. The zero-order valence-corrected chi connectivity index (χ0v) is 23.5. The molecule has 10 unspecified atom stereocenters. The molecule has 3 saturated carbocycles. The van der Waals surface area contributed by atoms with Crippen molar-refractivity contribution in [2.75, 3.05) is 39.8 Å². The van der Waals surface area contributed by atoms with Gasteiger partial charge in [-0.3, -0.25) is 31.0 Å². The van der Waals surface area contributed by atoms with Crippen molar-refractivity contribution in [2.45, 2.75) is 126 Å². The summed E-state index contributed by atoms with van der Waals surface area (Å²) in [6, 6.07) is 3.21. The highest BCUT2D eigenvalue weighted by Gasteiger charge is 2.46. The van der Waals surface area contributed by atoms with Gasteiger partial charge in [0.25, 0.3) is 0 Å². The highest BCUT2D eigenvalue weighted by atomic mass is 16.5. The number of hydrogen-bond donors (Lipinski definition) is 5. The number of nitrogens with zero attached hydrogens (tertiary/aromatic N) is 2. The maximum absolute atomic E-state index is 10.8. The minimum Gasteiger partial charge on any atom is -0.481 e. The summed E-state index contributed by atoms with van der Waals surface area (Å²) in [5, 5.41) is 25.0. The molecule has 0 radical (unpaired) electrons. The molecule has 0 spiro atoms. The molecule has 0 aromatic rings. The molecule has 6 rings (SSSR count). The van der Waals surface area contributed by atoms with E-state index in [4.69, 9.17) is 9.84 Å². The number of nitrogens with one attached hydrogen (secondary N) is 4. The van der Waals surface area contributed by atoms with E-state index in [1.54, 1.807) is 0 Å². The number of piperazine rings is 1. The van der Waals surface area contributed by atoms with Crippen molar-refractivity contribution >= 4 is 5.97 Å². The van der Waals surface area contributed by atoms with Crippen LogP contribution in [0.3, 0.4) is 0 Å². The van der Waals surface area contributed by atoms with Crippen molar-refractivity contribution in [1.82, 2.24) is 31.1 Å². The van der Waals surface area contributed by atoms with E-state index in [0.29, 0.717) is 61.4 Å². The van der Waals surface area contributed by atoms with Crippen molar-refractivity contribution in [3.05, 3.63) is 0 Å². The first-order chi connectivity index (χ1) is 18.5. The second-order valence-corrected chi connectivity index (χ2v) is 13.3. The fraction of sp³-hybridized carbons (Fsp3) is 0.966. The third-order valence-electron chi connectivity index (χ3n) is 10.8. The van der Waals surface area contributed by atoms with Crippen molar-refractivity contribution in [1.29, 1.82) is 0 Å². The maximum atomic E-state index is 10.8. The third kappa shape index (κ3) is 6.40. The summed E-state index contributed by atoms with van der Waals surface area (Å²) < 4.78 is 6.08. The number of likely N-dealkylation sites (N-methyl/N-ethyl adjacent to an activating group) is 1. The Morgan fingerprint density at radius 3 is 2.18 bits per heavy atom. The summed E-state index contributed by atoms with van der Waals surface area (Å²) in [4.78, 5) is 16.0. The molecular formula is C29H52N6O3. The number of ether oxygens (including phenoxy) is 1. The fourth-order valence-electron chi connectivity index (χ4n) is 8.61. The van der Waals surface area contributed by atoms with E-state index in [2.05, 4.69) is 38.1 Å². The van der Waals surface area contributed by atoms with Crippen LogP contribution in [0.25, 0.3) is 0 Å². The van der Waals surface area contributed by atoms with Crippen LogP contribution in [0.2, 0.25) is 0 Å². The molecule has 0 aromatic heterocycles. The summed E-state index contributed by atoms with van der Waals surface area (Å²) in [5.41, 5.74) is 0. The Morgan fingerprint density at radius 1 is 0.789 bits per heavy atom. The lowest BCUT2D eigenvalue weighted by atomic mass is 9.81. The third-order valence-corrected chi connectivity index (χ3v) is 10.8. The van der Waals surface area contributed by atoms with Crippen LogP contribution in [0.4, 0.5) is 0 Å². The first-order valence-corrected chi connectivity index (χ1v) is 15.8. The minimum atomic E-state index is -0.730. The van der Waals surface area contributed by atoms with Crippen LogP contribution in [-0.4, -0.2) is 109 Å². The van der Waals surface area contributed by atoms with Crippen molar-refractivity contribution < 1.29 is 14.6 Å². The topological polar surface area (TPSA) is 101 Å². The van der Waals surface area contributed by atoms with E-state index in [1.165, 1.54) is 77.5 Å². The lowest BCUT2D eigenvalue weighted by Gasteiger charge is -2.42. The molecular weight excluding hydrogens is 480 g/mol. The SMILES string of the molecule is CN1CCN(C2CCC3NC(C4CCC5NC(C6CCCC(OCCCC(=O)O)C6)NC5C4)NC3C2)CC1. The van der Waals surface area contributed by atoms with Crippen LogP contribution < -0.4 is 21.3 Å². The monoisotopic (exact) mass is 532 g/mol. The molecule has 3 saturated heterocycles. The summed E-state index contributed by atoms with van der Waals surface area (Å²) in [6.45, 7) is 5.47. The Morgan fingerprint density at radius 2 is 1.45 bits per heavy atom. The smallest absolute Gasteiger partial charge is 0.303 e. The van der Waals surface area contributed by atoms with Crippen LogP contribution in [0, 0.1) is 11.8 Å². The first-order valence-electron chi connectivity index (χ1n) is 15.8. The largest absolute Gasteiger partial charge is 0.481 e. The minimum absolute atomic E-state index is 0.204. The number of carbonyl (C=O) groups is 1. The molecule has 9 heteroatoms. The number of aliphatic carboxylic acids is 1. The lowest BCUT2D eigenvalue weighted by Crippen LogP contribution is -2.53. The van der Waals surface area contributed by atoms with Gasteiger partial charge in [-0.2, -0.15) is 0 Å². The molecule has 38 heavy (non-hydrogen) atoms. The van der Waals surface area contributed by atoms with E-state index in [1.807, 2.05) is 0 Å². The van der Waals surface area contributed by atoms with E-state index in [9.17, 15) is 4.79 Å².